The van der Waals surface area contributed by atoms with Crippen molar-refractivity contribution < 1.29 is 9.59 Å². The van der Waals surface area contributed by atoms with Crippen LogP contribution in [0.1, 0.15) is 36.6 Å². The molecule has 2 amide bonds. The molecule has 4 nitrogen and oxygen atoms in total. The highest BCUT2D eigenvalue weighted by Gasteiger charge is 2.17. The Balaban J connectivity index is 1.56. The smallest absolute Gasteiger partial charge is 0.267 e. The Morgan fingerprint density at radius 2 is 1.65 bits per heavy atom. The monoisotopic (exact) mass is 364 g/mol. The maximum atomic E-state index is 12.1. The summed E-state index contributed by atoms with van der Waals surface area (Å²) >= 11 is 5.23. The van der Waals surface area contributed by atoms with Gasteiger partial charge in [-0.05, 0) is 47.1 Å². The van der Waals surface area contributed by atoms with Crippen molar-refractivity contribution in [1.29, 1.82) is 0 Å². The molecule has 0 unspecified atom stereocenters. The van der Waals surface area contributed by atoms with E-state index in [2.05, 4.69) is 10.9 Å². The second kappa shape index (κ2) is 7.90. The van der Waals surface area contributed by atoms with Gasteiger partial charge in [0.05, 0.1) is 9.46 Å². The minimum absolute atomic E-state index is 0.306. The lowest BCUT2D eigenvalue weighted by Crippen LogP contribution is -2.41. The summed E-state index contributed by atoms with van der Waals surface area (Å²) in [6, 6.07) is 11.1. The fourth-order valence-electron chi connectivity index (χ4n) is 2.13. The maximum Gasteiger partial charge on any atom is 0.279 e. The third kappa shape index (κ3) is 4.31. The number of carbonyl (C=O) groups is 2. The lowest BCUT2D eigenvalue weighted by molar-refractivity contribution is 0.0849. The van der Waals surface area contributed by atoms with Gasteiger partial charge in [0.2, 0.25) is 0 Å². The van der Waals surface area contributed by atoms with Gasteiger partial charge in [-0.2, -0.15) is 0 Å². The van der Waals surface area contributed by atoms with E-state index in [0.717, 1.165) is 0 Å². The highest BCUT2D eigenvalue weighted by molar-refractivity contribution is 8.16. The SMILES string of the molecule is O=C(NNC(=O)c1cccs1)c1ccc(C2SCCCS2)cc1. The number of thioether (sulfide) groups is 2. The van der Waals surface area contributed by atoms with Gasteiger partial charge in [0.15, 0.2) is 0 Å². The van der Waals surface area contributed by atoms with Crippen molar-refractivity contribution in [3.05, 3.63) is 57.8 Å². The van der Waals surface area contributed by atoms with E-state index >= 15 is 0 Å². The second-order valence-corrected chi connectivity index (χ2v) is 8.61. The molecule has 0 radical (unpaired) electrons. The summed E-state index contributed by atoms with van der Waals surface area (Å²) in [6.45, 7) is 0. The van der Waals surface area contributed by atoms with Crippen LogP contribution in [0, 0.1) is 0 Å². The van der Waals surface area contributed by atoms with Crippen molar-refractivity contribution in [1.82, 2.24) is 10.9 Å². The van der Waals surface area contributed by atoms with Crippen LogP contribution in [0.5, 0.6) is 0 Å². The summed E-state index contributed by atoms with van der Waals surface area (Å²) in [5.74, 6) is 1.76. The van der Waals surface area contributed by atoms with Crippen LogP contribution in [0.15, 0.2) is 41.8 Å². The van der Waals surface area contributed by atoms with Crippen LogP contribution in [-0.2, 0) is 0 Å². The Bertz CT molecular complexity index is 665. The minimum atomic E-state index is -0.314. The first-order valence-electron chi connectivity index (χ1n) is 7.21. The third-order valence-electron chi connectivity index (χ3n) is 3.31. The number of hydrogen-bond donors (Lipinski definition) is 2. The van der Waals surface area contributed by atoms with Crippen LogP contribution < -0.4 is 10.9 Å². The summed E-state index contributed by atoms with van der Waals surface area (Å²) in [4.78, 5) is 24.4. The molecular weight excluding hydrogens is 348 g/mol. The number of hydrazine groups is 1. The first-order valence-corrected chi connectivity index (χ1v) is 10.2. The molecule has 2 heterocycles. The first kappa shape index (κ1) is 16.4. The van der Waals surface area contributed by atoms with E-state index in [4.69, 9.17) is 0 Å². The summed E-state index contributed by atoms with van der Waals surface area (Å²) < 4.78 is 0.458. The second-order valence-electron chi connectivity index (χ2n) is 4.93. The molecule has 2 aromatic rings. The average Bonchev–Trinajstić information content (AvgIpc) is 3.15. The Labute approximate surface area is 147 Å². The van der Waals surface area contributed by atoms with Crippen molar-refractivity contribution in [2.75, 3.05) is 11.5 Å². The number of rotatable bonds is 3. The van der Waals surface area contributed by atoms with Crippen molar-refractivity contribution in [3.8, 4) is 0 Å². The van der Waals surface area contributed by atoms with Crippen LogP contribution in [0.3, 0.4) is 0 Å². The molecule has 1 aliphatic rings. The average molecular weight is 365 g/mol. The number of hydrogen-bond acceptors (Lipinski definition) is 5. The van der Waals surface area contributed by atoms with Gasteiger partial charge in [0, 0.05) is 5.56 Å². The highest BCUT2D eigenvalue weighted by Crippen LogP contribution is 2.43. The Morgan fingerprint density at radius 3 is 2.30 bits per heavy atom. The highest BCUT2D eigenvalue weighted by atomic mass is 32.2. The largest absolute Gasteiger partial charge is 0.279 e. The van der Waals surface area contributed by atoms with Gasteiger partial charge in [0.25, 0.3) is 11.8 Å². The van der Waals surface area contributed by atoms with Gasteiger partial charge in [-0.3, -0.25) is 20.4 Å². The van der Waals surface area contributed by atoms with Gasteiger partial charge in [0.1, 0.15) is 0 Å². The van der Waals surface area contributed by atoms with Gasteiger partial charge in [-0.1, -0.05) is 18.2 Å². The molecule has 1 fully saturated rings. The van der Waals surface area contributed by atoms with Crippen LogP contribution in [0.2, 0.25) is 0 Å². The van der Waals surface area contributed by atoms with Crippen molar-refractivity contribution in [2.45, 2.75) is 11.0 Å². The third-order valence-corrected chi connectivity index (χ3v) is 7.19. The van der Waals surface area contributed by atoms with E-state index in [-0.39, 0.29) is 11.8 Å². The molecule has 0 bridgehead atoms. The number of benzene rings is 1. The van der Waals surface area contributed by atoms with Crippen molar-refractivity contribution >= 4 is 46.7 Å². The van der Waals surface area contributed by atoms with E-state index in [1.165, 1.54) is 34.8 Å². The number of nitrogens with one attached hydrogen (secondary N) is 2. The molecule has 0 spiro atoms. The van der Waals surface area contributed by atoms with Crippen LogP contribution >= 0.6 is 34.9 Å². The van der Waals surface area contributed by atoms with Crippen LogP contribution in [0.4, 0.5) is 0 Å². The predicted molar refractivity (Wildman–Crippen MR) is 98.0 cm³/mol. The summed E-state index contributed by atoms with van der Waals surface area (Å²) in [7, 11) is 0. The fraction of sp³-hybridized carbons (Fsp3) is 0.250. The van der Waals surface area contributed by atoms with E-state index in [1.54, 1.807) is 24.3 Å². The van der Waals surface area contributed by atoms with E-state index in [1.807, 2.05) is 41.0 Å². The molecule has 1 aromatic carbocycles. The normalized spacial score (nSPS) is 15.1. The first-order chi connectivity index (χ1) is 11.2. The molecule has 3 rings (SSSR count). The van der Waals surface area contributed by atoms with Gasteiger partial charge in [-0.15, -0.1) is 34.9 Å². The number of carbonyl (C=O) groups excluding carboxylic acids is 2. The standard InChI is InChI=1S/C16H16N2O2S3/c19-14(17-18-15(20)13-3-1-8-21-13)11-4-6-12(7-5-11)16-22-9-2-10-23-16/h1,3-8,16H,2,9-10H2,(H,17,19)(H,18,20). The maximum absolute atomic E-state index is 12.1. The van der Waals surface area contributed by atoms with Gasteiger partial charge < -0.3 is 0 Å². The lowest BCUT2D eigenvalue weighted by atomic mass is 10.1. The summed E-state index contributed by atoms with van der Waals surface area (Å²) in [5, 5.41) is 1.82. The van der Waals surface area contributed by atoms with Crippen molar-refractivity contribution in [2.24, 2.45) is 0 Å². The summed E-state index contributed by atoms with van der Waals surface area (Å²) in [6.07, 6.45) is 1.26. The minimum Gasteiger partial charge on any atom is -0.267 e. The van der Waals surface area contributed by atoms with E-state index in [9.17, 15) is 9.59 Å². The molecule has 1 saturated heterocycles. The molecule has 120 valence electrons. The fourth-order valence-corrected chi connectivity index (χ4v) is 5.64. The Morgan fingerprint density at radius 1 is 0.957 bits per heavy atom. The zero-order chi connectivity index (χ0) is 16.1. The molecule has 23 heavy (non-hydrogen) atoms. The molecule has 2 N–H and O–H groups in total. The van der Waals surface area contributed by atoms with Crippen LogP contribution in [0.25, 0.3) is 0 Å². The van der Waals surface area contributed by atoms with E-state index < -0.39 is 0 Å². The molecule has 7 heteroatoms. The molecule has 1 aliphatic heterocycles. The zero-order valence-electron chi connectivity index (χ0n) is 12.3. The topological polar surface area (TPSA) is 58.2 Å². The summed E-state index contributed by atoms with van der Waals surface area (Å²) in [5.41, 5.74) is 6.64. The quantitative estimate of drug-likeness (QED) is 0.816. The van der Waals surface area contributed by atoms with Crippen molar-refractivity contribution in [3.63, 3.8) is 0 Å². The Kier molecular flexibility index (Phi) is 5.64. The molecule has 0 saturated carbocycles. The predicted octanol–water partition coefficient (Wildman–Crippen LogP) is 3.69. The molecular formula is C16H16N2O2S3. The van der Waals surface area contributed by atoms with Gasteiger partial charge >= 0.3 is 0 Å². The lowest BCUT2D eigenvalue weighted by Gasteiger charge is -2.21. The number of thiophene rings is 1. The van der Waals surface area contributed by atoms with E-state index in [0.29, 0.717) is 15.0 Å². The molecule has 0 aliphatic carbocycles. The molecule has 0 atom stereocenters. The Hall–Kier alpha value is -1.44. The van der Waals surface area contributed by atoms with Crippen LogP contribution in [-0.4, -0.2) is 23.3 Å². The van der Waals surface area contributed by atoms with Gasteiger partial charge in [-0.25, -0.2) is 0 Å². The zero-order valence-corrected chi connectivity index (χ0v) is 14.7. The number of amides is 2. The molecule has 1 aromatic heterocycles.